The first kappa shape index (κ1) is 15.2. The highest BCUT2D eigenvalue weighted by Crippen LogP contribution is 2.30. The van der Waals surface area contributed by atoms with E-state index in [1.165, 1.54) is 0 Å². The van der Waals surface area contributed by atoms with E-state index in [0.717, 1.165) is 32.0 Å². The highest BCUT2D eigenvalue weighted by molar-refractivity contribution is 5.94. The Labute approximate surface area is 111 Å². The average Bonchev–Trinajstić information content (AvgIpc) is 2.23. The van der Waals surface area contributed by atoms with Crippen LogP contribution >= 0.6 is 0 Å². The Hall–Kier alpha value is -0.830. The second-order valence-corrected chi connectivity index (χ2v) is 6.99. The van der Waals surface area contributed by atoms with Crippen LogP contribution in [-0.2, 0) is 9.53 Å². The Morgan fingerprint density at radius 2 is 1.50 bits per heavy atom. The molecule has 1 aliphatic heterocycles. The average molecular weight is 253 g/mol. The van der Waals surface area contributed by atoms with Crippen molar-refractivity contribution in [1.29, 1.82) is 0 Å². The van der Waals surface area contributed by atoms with Crippen LogP contribution in [0.25, 0.3) is 0 Å². The number of carbonyl (C=O) groups is 1. The van der Waals surface area contributed by atoms with Gasteiger partial charge in [0.05, 0.1) is 13.2 Å². The number of ketones is 1. The summed E-state index contributed by atoms with van der Waals surface area (Å²) in [6, 6.07) is 0. The number of rotatable bonds is 2. The minimum atomic E-state index is -0.317. The van der Waals surface area contributed by atoms with Crippen LogP contribution in [0.5, 0.6) is 0 Å². The van der Waals surface area contributed by atoms with Crippen molar-refractivity contribution < 1.29 is 9.53 Å². The summed E-state index contributed by atoms with van der Waals surface area (Å²) in [5, 5.41) is 0. The lowest BCUT2D eigenvalue weighted by Gasteiger charge is -2.38. The molecule has 1 aliphatic rings. The largest absolute Gasteiger partial charge is 0.378 e. The molecule has 0 aliphatic carbocycles. The van der Waals surface area contributed by atoms with Crippen molar-refractivity contribution in [1.82, 2.24) is 4.90 Å². The molecule has 1 fully saturated rings. The first-order valence-corrected chi connectivity index (χ1v) is 6.71. The van der Waals surface area contributed by atoms with Gasteiger partial charge in [0.1, 0.15) is 0 Å². The van der Waals surface area contributed by atoms with Crippen LogP contribution in [-0.4, -0.2) is 37.0 Å². The van der Waals surface area contributed by atoms with Gasteiger partial charge < -0.3 is 9.64 Å². The zero-order chi connectivity index (χ0) is 14.0. The van der Waals surface area contributed by atoms with E-state index in [0.29, 0.717) is 0 Å². The van der Waals surface area contributed by atoms with E-state index in [2.05, 4.69) is 25.7 Å². The molecule has 104 valence electrons. The van der Waals surface area contributed by atoms with Gasteiger partial charge in [-0.2, -0.15) is 0 Å². The predicted octanol–water partition coefficient (Wildman–Crippen LogP) is 2.86. The summed E-state index contributed by atoms with van der Waals surface area (Å²) >= 11 is 0. The molecule has 1 rings (SSSR count). The third-order valence-corrected chi connectivity index (χ3v) is 3.13. The van der Waals surface area contributed by atoms with Gasteiger partial charge in [0.25, 0.3) is 0 Å². The van der Waals surface area contributed by atoms with Crippen LogP contribution < -0.4 is 0 Å². The fraction of sp³-hybridized carbons (Fsp3) is 0.800. The molecular weight excluding hydrogens is 226 g/mol. The van der Waals surface area contributed by atoms with E-state index in [9.17, 15) is 4.79 Å². The molecule has 0 bridgehead atoms. The molecule has 18 heavy (non-hydrogen) atoms. The number of ether oxygens (including phenoxy) is 1. The van der Waals surface area contributed by atoms with Gasteiger partial charge in [-0.1, -0.05) is 41.5 Å². The minimum absolute atomic E-state index is 0.0156. The van der Waals surface area contributed by atoms with Crippen LogP contribution in [0.3, 0.4) is 0 Å². The van der Waals surface area contributed by atoms with Crippen LogP contribution in [0.4, 0.5) is 0 Å². The van der Waals surface area contributed by atoms with Gasteiger partial charge in [-0.3, -0.25) is 4.79 Å². The van der Waals surface area contributed by atoms with Gasteiger partial charge in [-0.15, -0.1) is 0 Å². The van der Waals surface area contributed by atoms with Crippen molar-refractivity contribution in [3.8, 4) is 0 Å². The maximum atomic E-state index is 12.2. The summed E-state index contributed by atoms with van der Waals surface area (Å²) in [4.78, 5) is 14.5. The first-order valence-electron chi connectivity index (χ1n) is 6.71. The predicted molar refractivity (Wildman–Crippen MR) is 74.4 cm³/mol. The Kier molecular flexibility index (Phi) is 4.60. The SMILES string of the molecule is CC(C)(C)C(=O)/C=C(\N1CCOCC1)C(C)(C)C. The molecule has 0 N–H and O–H groups in total. The number of carbonyl (C=O) groups excluding carboxylic acids is 1. The smallest absolute Gasteiger partial charge is 0.162 e. The first-order chi connectivity index (χ1) is 8.12. The fourth-order valence-corrected chi connectivity index (χ4v) is 1.93. The van der Waals surface area contributed by atoms with Crippen LogP contribution in [0.15, 0.2) is 11.8 Å². The Morgan fingerprint density at radius 3 is 1.89 bits per heavy atom. The van der Waals surface area contributed by atoms with Gasteiger partial charge in [0, 0.05) is 35.7 Å². The Bertz CT molecular complexity index is 325. The molecule has 0 aromatic heterocycles. The summed E-state index contributed by atoms with van der Waals surface area (Å²) in [5.41, 5.74) is 0.798. The second kappa shape index (κ2) is 5.43. The van der Waals surface area contributed by atoms with E-state index >= 15 is 0 Å². The van der Waals surface area contributed by atoms with E-state index in [1.807, 2.05) is 26.8 Å². The van der Waals surface area contributed by atoms with Crippen molar-refractivity contribution >= 4 is 5.78 Å². The molecule has 0 saturated carbocycles. The molecule has 0 radical (unpaired) electrons. The second-order valence-electron chi connectivity index (χ2n) is 6.99. The summed E-state index contributed by atoms with van der Waals surface area (Å²) in [6.07, 6.45) is 1.84. The standard InChI is InChI=1S/C15H27NO2/c1-14(2,3)12(11-13(17)15(4,5)6)16-7-9-18-10-8-16/h11H,7-10H2,1-6H3/b12-11-. The number of hydrogen-bond acceptors (Lipinski definition) is 3. The van der Waals surface area contributed by atoms with E-state index in [-0.39, 0.29) is 16.6 Å². The van der Waals surface area contributed by atoms with Gasteiger partial charge in [-0.25, -0.2) is 0 Å². The monoisotopic (exact) mass is 253 g/mol. The zero-order valence-electron chi connectivity index (χ0n) is 12.7. The summed E-state index contributed by atoms with van der Waals surface area (Å²) < 4.78 is 5.38. The third-order valence-electron chi connectivity index (χ3n) is 3.13. The molecule has 1 saturated heterocycles. The van der Waals surface area contributed by atoms with E-state index in [1.54, 1.807) is 0 Å². The van der Waals surface area contributed by atoms with Gasteiger partial charge in [0.15, 0.2) is 5.78 Å². The van der Waals surface area contributed by atoms with Gasteiger partial charge in [0.2, 0.25) is 0 Å². The molecule has 3 nitrogen and oxygen atoms in total. The lowest BCUT2D eigenvalue weighted by molar-refractivity contribution is -0.121. The molecule has 0 spiro atoms. The number of allylic oxidation sites excluding steroid dienone is 2. The molecule has 0 unspecified atom stereocenters. The summed E-state index contributed by atoms with van der Waals surface area (Å²) in [5.74, 6) is 0.193. The fourth-order valence-electron chi connectivity index (χ4n) is 1.93. The maximum absolute atomic E-state index is 12.2. The highest BCUT2D eigenvalue weighted by atomic mass is 16.5. The summed E-state index contributed by atoms with van der Waals surface area (Å²) in [6.45, 7) is 15.6. The normalized spacial score (nSPS) is 19.0. The van der Waals surface area contributed by atoms with Crippen LogP contribution in [0.1, 0.15) is 41.5 Å². The van der Waals surface area contributed by atoms with Crippen LogP contribution in [0, 0.1) is 10.8 Å². The molecular formula is C15H27NO2. The van der Waals surface area contributed by atoms with Crippen molar-refractivity contribution in [3.63, 3.8) is 0 Å². The van der Waals surface area contributed by atoms with E-state index < -0.39 is 0 Å². The Morgan fingerprint density at radius 1 is 1.00 bits per heavy atom. The molecule has 0 amide bonds. The van der Waals surface area contributed by atoms with E-state index in [4.69, 9.17) is 4.74 Å². The highest BCUT2D eigenvalue weighted by Gasteiger charge is 2.28. The molecule has 0 aromatic carbocycles. The quantitative estimate of drug-likeness (QED) is 0.709. The number of nitrogens with zero attached hydrogens (tertiary/aromatic N) is 1. The zero-order valence-corrected chi connectivity index (χ0v) is 12.7. The lowest BCUT2D eigenvalue weighted by atomic mass is 9.85. The Balaban J connectivity index is 2.98. The number of hydrogen-bond donors (Lipinski definition) is 0. The van der Waals surface area contributed by atoms with Crippen LogP contribution in [0.2, 0.25) is 0 Å². The molecule has 3 heteroatoms. The minimum Gasteiger partial charge on any atom is -0.378 e. The molecule has 0 atom stereocenters. The molecule has 1 heterocycles. The summed E-state index contributed by atoms with van der Waals surface area (Å²) in [7, 11) is 0. The van der Waals surface area contributed by atoms with Gasteiger partial charge in [-0.05, 0) is 0 Å². The lowest BCUT2D eigenvalue weighted by Crippen LogP contribution is -2.40. The van der Waals surface area contributed by atoms with Crippen molar-refractivity contribution in [2.24, 2.45) is 10.8 Å². The third kappa shape index (κ3) is 4.13. The van der Waals surface area contributed by atoms with Crippen molar-refractivity contribution in [3.05, 3.63) is 11.8 Å². The maximum Gasteiger partial charge on any atom is 0.162 e. The van der Waals surface area contributed by atoms with Crippen molar-refractivity contribution in [2.75, 3.05) is 26.3 Å². The topological polar surface area (TPSA) is 29.5 Å². The van der Waals surface area contributed by atoms with Gasteiger partial charge >= 0.3 is 0 Å². The van der Waals surface area contributed by atoms with Crippen molar-refractivity contribution in [2.45, 2.75) is 41.5 Å². The number of morpholine rings is 1. The molecule has 0 aromatic rings.